The number of aromatic nitrogens is 1. The average molecular weight is 219 g/mol. The molecule has 0 saturated heterocycles. The molecule has 1 N–H and O–H groups in total. The summed E-state index contributed by atoms with van der Waals surface area (Å²) >= 11 is 5.53. The Bertz CT molecular complexity index is 436. The Morgan fingerprint density at radius 2 is 2.29 bits per heavy atom. The van der Waals surface area contributed by atoms with Crippen molar-refractivity contribution < 1.29 is 8.78 Å². The molecule has 0 aliphatic carbocycles. The van der Waals surface area contributed by atoms with Gasteiger partial charge < -0.3 is 4.98 Å². The fourth-order valence-electron chi connectivity index (χ4n) is 0.945. The molecule has 0 aliphatic rings. The van der Waals surface area contributed by atoms with E-state index in [4.69, 9.17) is 16.9 Å². The second-order valence-corrected chi connectivity index (χ2v) is 2.91. The summed E-state index contributed by atoms with van der Waals surface area (Å²) in [5.41, 5.74) is -1.39. The number of nitriles is 1. The molecule has 0 aromatic carbocycles. The van der Waals surface area contributed by atoms with E-state index in [0.717, 1.165) is 6.07 Å². The van der Waals surface area contributed by atoms with Gasteiger partial charge in [-0.1, -0.05) is 11.6 Å². The highest BCUT2D eigenvalue weighted by atomic mass is 35.5. The van der Waals surface area contributed by atoms with Crippen molar-refractivity contribution in [3.8, 4) is 6.07 Å². The fourth-order valence-corrected chi connectivity index (χ4v) is 1.15. The van der Waals surface area contributed by atoms with Gasteiger partial charge >= 0.3 is 0 Å². The highest BCUT2D eigenvalue weighted by Gasteiger charge is 2.14. The number of alkyl halides is 2. The van der Waals surface area contributed by atoms with Gasteiger partial charge in [-0.25, -0.2) is 8.78 Å². The van der Waals surface area contributed by atoms with E-state index >= 15 is 0 Å². The van der Waals surface area contributed by atoms with Gasteiger partial charge in [0.05, 0.1) is 18.1 Å². The number of rotatable bonds is 2. The molecular formula is C8H5ClF2N2O. The predicted octanol–water partition coefficient (Wildman–Crippen LogP) is 2.03. The van der Waals surface area contributed by atoms with Gasteiger partial charge in [0.15, 0.2) is 0 Å². The molecule has 6 heteroatoms. The highest BCUT2D eigenvalue weighted by molar-refractivity contribution is 6.30. The molecule has 14 heavy (non-hydrogen) atoms. The van der Waals surface area contributed by atoms with E-state index in [9.17, 15) is 13.6 Å². The third-order valence-electron chi connectivity index (χ3n) is 1.60. The van der Waals surface area contributed by atoms with Gasteiger partial charge in [-0.15, -0.1) is 0 Å². The highest BCUT2D eigenvalue weighted by Crippen LogP contribution is 2.19. The SMILES string of the molecule is N#CCc1cc(C(F)F)c(=O)[nH]c1Cl. The quantitative estimate of drug-likeness (QED) is 0.773. The van der Waals surface area contributed by atoms with Crippen molar-refractivity contribution in [1.29, 1.82) is 5.26 Å². The lowest BCUT2D eigenvalue weighted by molar-refractivity contribution is 0.149. The first-order chi connectivity index (χ1) is 6.56. The lowest BCUT2D eigenvalue weighted by Gasteiger charge is -2.02. The van der Waals surface area contributed by atoms with Crippen LogP contribution >= 0.6 is 11.6 Å². The molecule has 0 atom stereocenters. The van der Waals surface area contributed by atoms with Crippen molar-refractivity contribution >= 4 is 11.6 Å². The minimum absolute atomic E-state index is 0.0686. The van der Waals surface area contributed by atoms with Gasteiger partial charge in [0, 0.05) is 5.56 Å². The number of nitrogens with one attached hydrogen (secondary N) is 1. The number of H-pyrrole nitrogens is 1. The predicted molar refractivity (Wildman–Crippen MR) is 46.3 cm³/mol. The normalized spacial score (nSPS) is 10.2. The first kappa shape index (κ1) is 10.7. The van der Waals surface area contributed by atoms with Gasteiger partial charge in [-0.2, -0.15) is 5.26 Å². The molecule has 1 aromatic heterocycles. The monoisotopic (exact) mass is 218 g/mol. The van der Waals surface area contributed by atoms with Crippen molar-refractivity contribution in [2.24, 2.45) is 0 Å². The third kappa shape index (κ3) is 2.09. The maximum absolute atomic E-state index is 12.2. The van der Waals surface area contributed by atoms with Crippen LogP contribution in [-0.4, -0.2) is 4.98 Å². The van der Waals surface area contributed by atoms with Crippen LogP contribution in [0.15, 0.2) is 10.9 Å². The van der Waals surface area contributed by atoms with E-state index in [0.29, 0.717) is 0 Å². The molecule has 74 valence electrons. The number of hydrogen-bond acceptors (Lipinski definition) is 2. The van der Waals surface area contributed by atoms with Crippen LogP contribution in [-0.2, 0) is 6.42 Å². The van der Waals surface area contributed by atoms with Gasteiger partial charge in [-0.3, -0.25) is 4.79 Å². The second kappa shape index (κ2) is 4.20. The van der Waals surface area contributed by atoms with Crippen LogP contribution in [0.1, 0.15) is 17.6 Å². The van der Waals surface area contributed by atoms with Gasteiger partial charge in [-0.05, 0) is 6.07 Å². The topological polar surface area (TPSA) is 56.6 Å². The molecule has 0 fully saturated rings. The maximum atomic E-state index is 12.2. The molecule has 3 nitrogen and oxygen atoms in total. The van der Waals surface area contributed by atoms with Crippen molar-refractivity contribution in [2.75, 3.05) is 0 Å². The summed E-state index contributed by atoms with van der Waals surface area (Å²) in [5, 5.41) is 8.29. The average Bonchev–Trinajstić information content (AvgIpc) is 2.09. The maximum Gasteiger partial charge on any atom is 0.269 e. The minimum atomic E-state index is -2.87. The van der Waals surface area contributed by atoms with Gasteiger partial charge in [0.2, 0.25) is 0 Å². The zero-order valence-electron chi connectivity index (χ0n) is 6.85. The van der Waals surface area contributed by atoms with E-state index in [2.05, 4.69) is 4.98 Å². The zero-order valence-corrected chi connectivity index (χ0v) is 7.61. The van der Waals surface area contributed by atoms with E-state index in [1.807, 2.05) is 0 Å². The minimum Gasteiger partial charge on any atom is -0.312 e. The first-order valence-corrected chi connectivity index (χ1v) is 4.00. The van der Waals surface area contributed by atoms with Crippen molar-refractivity contribution in [3.05, 3.63) is 32.7 Å². The molecule has 1 heterocycles. The summed E-state index contributed by atoms with van der Waals surface area (Å²) < 4.78 is 24.5. The number of aromatic amines is 1. The molecule has 0 aliphatic heterocycles. The van der Waals surface area contributed by atoms with Crippen LogP contribution in [0.25, 0.3) is 0 Å². The number of pyridine rings is 1. The molecule has 0 saturated carbocycles. The molecule has 1 aromatic rings. The van der Waals surface area contributed by atoms with E-state index in [1.54, 1.807) is 6.07 Å². The molecule has 0 spiro atoms. The van der Waals surface area contributed by atoms with Crippen molar-refractivity contribution in [1.82, 2.24) is 4.98 Å². The van der Waals surface area contributed by atoms with Crippen molar-refractivity contribution in [3.63, 3.8) is 0 Å². The smallest absolute Gasteiger partial charge is 0.269 e. The van der Waals surface area contributed by atoms with Crippen LogP contribution in [0.2, 0.25) is 5.15 Å². The van der Waals surface area contributed by atoms with Crippen LogP contribution in [0, 0.1) is 11.3 Å². The summed E-state index contributed by atoms with van der Waals surface area (Å²) in [5.74, 6) is 0. The number of hydrogen-bond donors (Lipinski definition) is 1. The Morgan fingerprint density at radius 3 is 2.79 bits per heavy atom. The summed E-state index contributed by atoms with van der Waals surface area (Å²) in [6.45, 7) is 0. The van der Waals surface area contributed by atoms with Crippen molar-refractivity contribution in [2.45, 2.75) is 12.8 Å². The fraction of sp³-hybridized carbons (Fsp3) is 0.250. The molecule has 0 amide bonds. The summed E-state index contributed by atoms with van der Waals surface area (Å²) in [7, 11) is 0. The van der Waals surface area contributed by atoms with Crippen LogP contribution < -0.4 is 5.56 Å². The summed E-state index contributed by atoms with van der Waals surface area (Å²) in [6.07, 6.45) is -2.98. The molecule has 0 unspecified atom stereocenters. The van der Waals surface area contributed by atoms with E-state index in [1.165, 1.54) is 0 Å². The Hall–Kier alpha value is -1.41. The lowest BCUT2D eigenvalue weighted by Crippen LogP contribution is -2.14. The number of nitrogens with zero attached hydrogens (tertiary/aromatic N) is 1. The largest absolute Gasteiger partial charge is 0.312 e. The molecule has 1 rings (SSSR count). The van der Waals surface area contributed by atoms with E-state index < -0.39 is 17.5 Å². The van der Waals surface area contributed by atoms with E-state index in [-0.39, 0.29) is 17.1 Å². The Balaban J connectivity index is 3.29. The van der Waals surface area contributed by atoms with Crippen LogP contribution in [0.4, 0.5) is 8.78 Å². The molecule has 0 radical (unpaired) electrons. The Labute approximate surface area is 82.9 Å². The van der Waals surface area contributed by atoms with Crippen LogP contribution in [0.5, 0.6) is 0 Å². The second-order valence-electron chi connectivity index (χ2n) is 2.53. The zero-order chi connectivity index (χ0) is 10.7. The van der Waals surface area contributed by atoms with Gasteiger partial charge in [0.25, 0.3) is 12.0 Å². The first-order valence-electron chi connectivity index (χ1n) is 3.63. The lowest BCUT2D eigenvalue weighted by atomic mass is 10.1. The molecular weight excluding hydrogens is 214 g/mol. The standard InChI is InChI=1S/C8H5ClF2N2O/c9-6-4(1-2-12)3-5(7(10)11)8(14)13-6/h3,7H,1H2,(H,13,14). The summed E-state index contributed by atoms with van der Waals surface area (Å²) in [4.78, 5) is 13.0. The third-order valence-corrected chi connectivity index (χ3v) is 1.94. The molecule has 0 bridgehead atoms. The summed E-state index contributed by atoms with van der Waals surface area (Å²) in [6, 6.07) is 2.71. The Kier molecular flexibility index (Phi) is 3.20. The van der Waals surface area contributed by atoms with Gasteiger partial charge in [0.1, 0.15) is 5.15 Å². The van der Waals surface area contributed by atoms with Crippen LogP contribution in [0.3, 0.4) is 0 Å². The Morgan fingerprint density at radius 1 is 1.64 bits per heavy atom. The number of halogens is 3.